The lowest BCUT2D eigenvalue weighted by Crippen LogP contribution is -2.13. The summed E-state index contributed by atoms with van der Waals surface area (Å²) >= 11 is 0. The summed E-state index contributed by atoms with van der Waals surface area (Å²) in [7, 11) is 0.958. The molecule has 0 bridgehead atoms. The molecule has 1 radical (unpaired) electrons. The SMILES string of the molecule is O[B]c1cncnc1. The van der Waals surface area contributed by atoms with Gasteiger partial charge < -0.3 is 5.02 Å². The van der Waals surface area contributed by atoms with Crippen LogP contribution in [0.25, 0.3) is 0 Å². The van der Waals surface area contributed by atoms with Gasteiger partial charge in [-0.05, 0) is 5.46 Å². The molecule has 0 unspecified atom stereocenters. The van der Waals surface area contributed by atoms with Crippen molar-refractivity contribution in [3.8, 4) is 0 Å². The van der Waals surface area contributed by atoms with Gasteiger partial charge >= 0.3 is 7.48 Å². The molecule has 1 aromatic rings. The summed E-state index contributed by atoms with van der Waals surface area (Å²) in [5.41, 5.74) is 0.618. The van der Waals surface area contributed by atoms with Crippen molar-refractivity contribution in [3.05, 3.63) is 18.7 Å². The van der Waals surface area contributed by atoms with Gasteiger partial charge in [0.1, 0.15) is 6.33 Å². The van der Waals surface area contributed by atoms with Crippen LogP contribution in [0.3, 0.4) is 0 Å². The van der Waals surface area contributed by atoms with E-state index in [4.69, 9.17) is 5.02 Å². The molecule has 1 heterocycles. The largest absolute Gasteiger partial charge is 0.450 e. The molecule has 0 aliphatic carbocycles. The molecule has 0 atom stereocenters. The van der Waals surface area contributed by atoms with Crippen molar-refractivity contribution in [1.29, 1.82) is 0 Å². The zero-order valence-corrected chi connectivity index (χ0v) is 4.15. The predicted octanol–water partition coefficient (Wildman–Crippen LogP) is -1.29. The number of aromatic nitrogens is 2. The molecular formula is C4H4BN2O. The van der Waals surface area contributed by atoms with Gasteiger partial charge in [-0.15, -0.1) is 0 Å². The fraction of sp³-hybridized carbons (Fsp3) is 0. The van der Waals surface area contributed by atoms with Gasteiger partial charge in [-0.25, -0.2) is 9.97 Å². The van der Waals surface area contributed by atoms with Crippen molar-refractivity contribution in [2.75, 3.05) is 0 Å². The molecule has 0 saturated carbocycles. The standard InChI is InChI=1S/C4H4BN2O/c8-5-4-1-6-3-7-2-4/h1-3,8H. The summed E-state index contributed by atoms with van der Waals surface area (Å²) in [5, 5.41) is 8.33. The molecule has 39 valence electrons. The van der Waals surface area contributed by atoms with Gasteiger partial charge in [0.15, 0.2) is 0 Å². The van der Waals surface area contributed by atoms with E-state index in [1.165, 1.54) is 18.7 Å². The topological polar surface area (TPSA) is 46.0 Å². The van der Waals surface area contributed by atoms with E-state index in [1.807, 2.05) is 0 Å². The number of hydrogen-bond donors (Lipinski definition) is 1. The molecule has 0 aliphatic heterocycles. The lowest BCUT2D eigenvalue weighted by atomic mass is 9.92. The van der Waals surface area contributed by atoms with Crippen LogP contribution in [0.2, 0.25) is 0 Å². The summed E-state index contributed by atoms with van der Waals surface area (Å²) in [5.74, 6) is 0. The first kappa shape index (κ1) is 5.25. The van der Waals surface area contributed by atoms with Gasteiger partial charge in [-0.3, -0.25) is 0 Å². The molecule has 0 fully saturated rings. The summed E-state index contributed by atoms with van der Waals surface area (Å²) < 4.78 is 0. The Balaban J connectivity index is 2.83. The molecular weight excluding hydrogens is 103 g/mol. The predicted molar refractivity (Wildman–Crippen MR) is 29.6 cm³/mol. The minimum Gasteiger partial charge on any atom is -0.450 e. The average molecular weight is 107 g/mol. The van der Waals surface area contributed by atoms with E-state index < -0.39 is 0 Å². The molecule has 1 aromatic heterocycles. The molecule has 3 nitrogen and oxygen atoms in total. The van der Waals surface area contributed by atoms with E-state index in [2.05, 4.69) is 9.97 Å². The Morgan fingerprint density at radius 1 is 1.38 bits per heavy atom. The van der Waals surface area contributed by atoms with Crippen LogP contribution >= 0.6 is 0 Å². The molecule has 1 rings (SSSR count). The maximum Gasteiger partial charge on any atom is 0.329 e. The zero-order valence-electron chi connectivity index (χ0n) is 4.15. The average Bonchev–Trinajstić information content (AvgIpc) is 1.90. The van der Waals surface area contributed by atoms with Crippen molar-refractivity contribution >= 4 is 12.9 Å². The summed E-state index contributed by atoms with van der Waals surface area (Å²) in [6, 6.07) is 0. The fourth-order valence-corrected chi connectivity index (χ4v) is 0.377. The summed E-state index contributed by atoms with van der Waals surface area (Å²) in [6.07, 6.45) is 4.45. The van der Waals surface area contributed by atoms with Crippen molar-refractivity contribution in [2.45, 2.75) is 0 Å². The van der Waals surface area contributed by atoms with Gasteiger partial charge in [0.2, 0.25) is 0 Å². The maximum absolute atomic E-state index is 8.33. The lowest BCUT2D eigenvalue weighted by Gasteiger charge is -1.85. The molecule has 0 spiro atoms. The van der Waals surface area contributed by atoms with Crippen LogP contribution in [0.1, 0.15) is 0 Å². The first-order chi connectivity index (χ1) is 3.93. The van der Waals surface area contributed by atoms with Crippen molar-refractivity contribution in [1.82, 2.24) is 9.97 Å². The van der Waals surface area contributed by atoms with E-state index in [0.717, 1.165) is 7.48 Å². The van der Waals surface area contributed by atoms with Gasteiger partial charge in [0.25, 0.3) is 0 Å². The second-order valence-corrected chi connectivity index (χ2v) is 1.30. The van der Waals surface area contributed by atoms with Gasteiger partial charge in [0.05, 0.1) is 0 Å². The Hall–Kier alpha value is -0.895. The second kappa shape index (κ2) is 2.42. The highest BCUT2D eigenvalue weighted by Crippen LogP contribution is 1.65. The Kier molecular flexibility index (Phi) is 1.59. The second-order valence-electron chi connectivity index (χ2n) is 1.30. The van der Waals surface area contributed by atoms with Crippen molar-refractivity contribution < 1.29 is 5.02 Å². The summed E-state index contributed by atoms with van der Waals surface area (Å²) in [4.78, 5) is 7.31. The van der Waals surface area contributed by atoms with Crippen molar-refractivity contribution in [3.63, 3.8) is 0 Å². The molecule has 8 heavy (non-hydrogen) atoms. The molecule has 0 amide bonds. The third-order valence-corrected chi connectivity index (χ3v) is 0.730. The molecule has 0 aromatic carbocycles. The Labute approximate surface area is 47.7 Å². The van der Waals surface area contributed by atoms with E-state index in [9.17, 15) is 0 Å². The Bertz CT molecular complexity index is 155. The Morgan fingerprint density at radius 2 is 2.00 bits per heavy atom. The van der Waals surface area contributed by atoms with Crippen LogP contribution in [0.15, 0.2) is 18.7 Å². The third kappa shape index (κ3) is 1.04. The van der Waals surface area contributed by atoms with Gasteiger partial charge in [-0.2, -0.15) is 0 Å². The molecule has 0 aliphatic rings. The monoisotopic (exact) mass is 107 g/mol. The van der Waals surface area contributed by atoms with E-state index in [0.29, 0.717) is 5.46 Å². The van der Waals surface area contributed by atoms with Crippen LogP contribution in [-0.2, 0) is 0 Å². The smallest absolute Gasteiger partial charge is 0.329 e. The normalized spacial score (nSPS) is 8.62. The third-order valence-electron chi connectivity index (χ3n) is 0.730. The Morgan fingerprint density at radius 3 is 2.38 bits per heavy atom. The lowest BCUT2D eigenvalue weighted by molar-refractivity contribution is 0.615. The molecule has 1 N–H and O–H groups in total. The highest BCUT2D eigenvalue weighted by molar-refractivity contribution is 6.45. The highest BCUT2D eigenvalue weighted by atomic mass is 16.2. The zero-order chi connectivity index (χ0) is 5.82. The first-order valence-electron chi connectivity index (χ1n) is 2.16. The first-order valence-corrected chi connectivity index (χ1v) is 2.16. The van der Waals surface area contributed by atoms with Crippen LogP contribution in [0, 0.1) is 0 Å². The quantitative estimate of drug-likeness (QED) is 0.454. The van der Waals surface area contributed by atoms with Crippen LogP contribution in [0.4, 0.5) is 0 Å². The van der Waals surface area contributed by atoms with Crippen LogP contribution < -0.4 is 5.46 Å². The minimum atomic E-state index is 0.618. The van der Waals surface area contributed by atoms with Crippen LogP contribution in [0.5, 0.6) is 0 Å². The van der Waals surface area contributed by atoms with E-state index in [1.54, 1.807) is 0 Å². The van der Waals surface area contributed by atoms with Crippen LogP contribution in [-0.4, -0.2) is 22.5 Å². The fourth-order valence-electron chi connectivity index (χ4n) is 0.377. The van der Waals surface area contributed by atoms with Gasteiger partial charge in [0, 0.05) is 12.4 Å². The van der Waals surface area contributed by atoms with Crippen molar-refractivity contribution in [2.24, 2.45) is 0 Å². The van der Waals surface area contributed by atoms with Gasteiger partial charge in [-0.1, -0.05) is 0 Å². The summed E-state index contributed by atoms with van der Waals surface area (Å²) in [6.45, 7) is 0. The molecule has 0 saturated heterocycles. The van der Waals surface area contributed by atoms with E-state index >= 15 is 0 Å². The number of rotatable bonds is 1. The number of nitrogens with zero attached hydrogens (tertiary/aromatic N) is 2. The molecule has 4 heteroatoms. The highest BCUT2D eigenvalue weighted by Gasteiger charge is 1.87. The van der Waals surface area contributed by atoms with E-state index in [-0.39, 0.29) is 0 Å². The minimum absolute atomic E-state index is 0.618. The number of hydrogen-bond acceptors (Lipinski definition) is 3. The maximum atomic E-state index is 8.33.